The molecule has 1 aliphatic heterocycles. The van der Waals surface area contributed by atoms with Gasteiger partial charge in [0.15, 0.2) is 6.61 Å². The van der Waals surface area contributed by atoms with Crippen LogP contribution in [0.25, 0.3) is 22.1 Å². The second-order valence-electron chi connectivity index (χ2n) is 8.20. The lowest BCUT2D eigenvalue weighted by Crippen LogP contribution is -2.22. The standard InChI is InChI=1S/C27H20O9/c1-33-23(31)13-34-17-8-4-14(5-9-17)18-10-22(30)36-21-11-20(29)25-26(32)19(12-35-27(25)24(18)21)15-2-6-16(28)7-3-15/h2-9,11-12,18,28-29H,10,13H2,1H3/t18-/m1/s1. The van der Waals surface area contributed by atoms with Gasteiger partial charge in [-0.1, -0.05) is 24.3 Å². The lowest BCUT2D eigenvalue weighted by Gasteiger charge is -2.26. The number of aromatic hydroxyl groups is 2. The Morgan fingerprint density at radius 1 is 1.06 bits per heavy atom. The summed E-state index contributed by atoms with van der Waals surface area (Å²) in [4.78, 5) is 37.1. The first-order valence-corrected chi connectivity index (χ1v) is 11.0. The molecule has 0 saturated heterocycles. The van der Waals surface area contributed by atoms with Crippen LogP contribution >= 0.6 is 0 Å². The number of rotatable bonds is 5. The van der Waals surface area contributed by atoms with Crippen LogP contribution in [0.4, 0.5) is 0 Å². The first-order chi connectivity index (χ1) is 17.4. The van der Waals surface area contributed by atoms with Crippen molar-refractivity contribution >= 4 is 22.9 Å². The van der Waals surface area contributed by atoms with Crippen LogP contribution in [0, 0.1) is 0 Å². The van der Waals surface area contributed by atoms with Gasteiger partial charge in [-0.2, -0.15) is 0 Å². The molecule has 0 radical (unpaired) electrons. The van der Waals surface area contributed by atoms with Gasteiger partial charge in [0.25, 0.3) is 0 Å². The fraction of sp³-hybridized carbons (Fsp3) is 0.148. The van der Waals surface area contributed by atoms with Crippen molar-refractivity contribution in [1.82, 2.24) is 0 Å². The summed E-state index contributed by atoms with van der Waals surface area (Å²) < 4.78 is 21.2. The molecule has 5 rings (SSSR count). The Hall–Kier alpha value is -4.79. The SMILES string of the molecule is COC(=O)COc1ccc([C@H]2CC(=O)Oc3cc(O)c4c(=O)c(-c5ccc(O)cc5)coc4c32)cc1. The largest absolute Gasteiger partial charge is 0.508 e. The summed E-state index contributed by atoms with van der Waals surface area (Å²) in [5, 5.41) is 20.2. The molecule has 36 heavy (non-hydrogen) atoms. The fourth-order valence-electron chi connectivity index (χ4n) is 4.25. The van der Waals surface area contributed by atoms with E-state index in [1.165, 1.54) is 31.6 Å². The molecule has 0 spiro atoms. The molecular formula is C27H20O9. The fourth-order valence-corrected chi connectivity index (χ4v) is 4.25. The molecule has 9 nitrogen and oxygen atoms in total. The first-order valence-electron chi connectivity index (χ1n) is 11.0. The molecule has 1 atom stereocenters. The average Bonchev–Trinajstić information content (AvgIpc) is 2.87. The minimum absolute atomic E-state index is 0.0152. The van der Waals surface area contributed by atoms with E-state index in [1.807, 2.05) is 0 Å². The van der Waals surface area contributed by atoms with E-state index in [2.05, 4.69) is 4.74 Å². The Morgan fingerprint density at radius 2 is 1.78 bits per heavy atom. The van der Waals surface area contributed by atoms with Crippen LogP contribution in [0.5, 0.6) is 23.0 Å². The third kappa shape index (κ3) is 4.11. The molecule has 1 aromatic heterocycles. The summed E-state index contributed by atoms with van der Waals surface area (Å²) >= 11 is 0. The lowest BCUT2D eigenvalue weighted by molar-refractivity contribution is -0.143. The van der Waals surface area contributed by atoms with Gasteiger partial charge in [-0.15, -0.1) is 0 Å². The van der Waals surface area contributed by atoms with E-state index in [1.54, 1.807) is 36.4 Å². The minimum atomic E-state index is -0.526. The van der Waals surface area contributed by atoms with Crippen molar-refractivity contribution in [3.05, 3.63) is 82.2 Å². The zero-order chi connectivity index (χ0) is 25.4. The van der Waals surface area contributed by atoms with Gasteiger partial charge in [0.1, 0.15) is 40.2 Å². The summed E-state index contributed by atoms with van der Waals surface area (Å²) in [5.74, 6) is -1.33. The maximum absolute atomic E-state index is 13.4. The Bertz CT molecular complexity index is 1530. The van der Waals surface area contributed by atoms with Crippen LogP contribution in [0.15, 0.2) is 70.1 Å². The van der Waals surface area contributed by atoms with Gasteiger partial charge in [-0.3, -0.25) is 9.59 Å². The van der Waals surface area contributed by atoms with Gasteiger partial charge in [-0.05, 0) is 35.4 Å². The number of hydrogen-bond donors (Lipinski definition) is 2. The van der Waals surface area contributed by atoms with E-state index in [-0.39, 0.29) is 46.8 Å². The second-order valence-corrected chi connectivity index (χ2v) is 8.20. The number of fused-ring (bicyclic) bond motifs is 3. The Kier molecular flexibility index (Phi) is 5.81. The van der Waals surface area contributed by atoms with Crippen LogP contribution in [0.2, 0.25) is 0 Å². The highest BCUT2D eigenvalue weighted by Crippen LogP contribution is 2.45. The summed E-state index contributed by atoms with van der Waals surface area (Å²) in [6, 6.07) is 14.0. The van der Waals surface area contributed by atoms with E-state index >= 15 is 0 Å². The first kappa shape index (κ1) is 23.0. The van der Waals surface area contributed by atoms with Gasteiger partial charge in [0.05, 0.1) is 19.1 Å². The van der Waals surface area contributed by atoms with Crippen LogP contribution in [0.1, 0.15) is 23.5 Å². The number of methoxy groups -OCH3 is 1. The van der Waals surface area contributed by atoms with E-state index in [0.29, 0.717) is 16.9 Å². The molecule has 4 aromatic rings. The van der Waals surface area contributed by atoms with E-state index in [0.717, 1.165) is 5.56 Å². The summed E-state index contributed by atoms with van der Waals surface area (Å²) in [6.07, 6.45) is 1.27. The Labute approximate surface area is 204 Å². The molecule has 0 amide bonds. The normalized spacial score (nSPS) is 14.7. The van der Waals surface area contributed by atoms with E-state index in [9.17, 15) is 24.6 Å². The number of phenols is 2. The number of carbonyl (C=O) groups is 2. The average molecular weight is 488 g/mol. The Balaban J connectivity index is 1.60. The summed E-state index contributed by atoms with van der Waals surface area (Å²) in [7, 11) is 1.27. The van der Waals surface area contributed by atoms with Gasteiger partial charge in [0.2, 0.25) is 5.43 Å². The molecule has 9 heteroatoms. The van der Waals surface area contributed by atoms with Crippen LogP contribution in [-0.2, 0) is 14.3 Å². The molecule has 1 aliphatic rings. The van der Waals surface area contributed by atoms with Gasteiger partial charge >= 0.3 is 11.9 Å². The summed E-state index contributed by atoms with van der Waals surface area (Å²) in [6.45, 7) is -0.243. The van der Waals surface area contributed by atoms with Crippen LogP contribution in [-0.4, -0.2) is 35.9 Å². The molecule has 2 heterocycles. The topological polar surface area (TPSA) is 132 Å². The zero-order valence-corrected chi connectivity index (χ0v) is 19.0. The van der Waals surface area contributed by atoms with Gasteiger partial charge in [-0.25, -0.2) is 4.79 Å². The van der Waals surface area contributed by atoms with Gasteiger partial charge < -0.3 is 28.8 Å². The number of esters is 2. The molecule has 0 saturated carbocycles. The van der Waals surface area contributed by atoms with E-state index < -0.39 is 23.3 Å². The minimum Gasteiger partial charge on any atom is -0.508 e. The van der Waals surface area contributed by atoms with Crippen molar-refractivity contribution in [1.29, 1.82) is 0 Å². The number of hydrogen-bond acceptors (Lipinski definition) is 9. The summed E-state index contributed by atoms with van der Waals surface area (Å²) in [5.41, 5.74) is 1.53. The second kappa shape index (κ2) is 9.10. The van der Waals surface area contributed by atoms with Crippen molar-refractivity contribution in [2.45, 2.75) is 12.3 Å². The highest BCUT2D eigenvalue weighted by molar-refractivity contribution is 5.94. The molecule has 0 aliphatic carbocycles. The van der Waals surface area contributed by atoms with Gasteiger partial charge in [0, 0.05) is 17.5 Å². The van der Waals surface area contributed by atoms with Crippen molar-refractivity contribution in [3.63, 3.8) is 0 Å². The maximum Gasteiger partial charge on any atom is 0.343 e. The quantitative estimate of drug-likeness (QED) is 0.317. The molecule has 3 aromatic carbocycles. The van der Waals surface area contributed by atoms with Crippen molar-refractivity contribution in [3.8, 4) is 34.1 Å². The molecule has 2 N–H and O–H groups in total. The predicted molar refractivity (Wildman–Crippen MR) is 127 cm³/mol. The molecule has 182 valence electrons. The number of benzene rings is 3. The predicted octanol–water partition coefficient (Wildman–Crippen LogP) is 3.86. The maximum atomic E-state index is 13.4. The van der Waals surface area contributed by atoms with Crippen molar-refractivity contribution < 1.29 is 38.4 Å². The van der Waals surface area contributed by atoms with E-state index in [4.69, 9.17) is 13.9 Å². The van der Waals surface area contributed by atoms with Crippen LogP contribution < -0.4 is 14.9 Å². The monoisotopic (exact) mass is 488 g/mol. The number of carbonyl (C=O) groups excluding carboxylic acids is 2. The lowest BCUT2D eigenvalue weighted by atomic mass is 9.85. The smallest absolute Gasteiger partial charge is 0.343 e. The number of phenolic OH excluding ortho intramolecular Hbond substituents is 2. The highest BCUT2D eigenvalue weighted by atomic mass is 16.6. The molecular weight excluding hydrogens is 468 g/mol. The third-order valence-electron chi connectivity index (χ3n) is 6.02. The number of ether oxygens (including phenoxy) is 3. The molecule has 0 unspecified atom stereocenters. The third-order valence-corrected chi connectivity index (χ3v) is 6.02. The molecule has 0 fully saturated rings. The zero-order valence-electron chi connectivity index (χ0n) is 19.0. The Morgan fingerprint density at radius 3 is 2.47 bits per heavy atom. The van der Waals surface area contributed by atoms with Crippen LogP contribution in [0.3, 0.4) is 0 Å². The van der Waals surface area contributed by atoms with Crippen molar-refractivity contribution in [2.24, 2.45) is 0 Å². The highest BCUT2D eigenvalue weighted by Gasteiger charge is 2.33. The van der Waals surface area contributed by atoms with Crippen molar-refractivity contribution in [2.75, 3.05) is 13.7 Å². The molecule has 0 bridgehead atoms.